The standard InChI is InChI=1S/C18H28N4O/c1-14-12-19-13-20-17(14)15-7-10-22(11-8-15)18(23)16-6-4-3-5-9-21(16)2/h12-13,15-16H,3-11H2,1-2H3/t16-/m1/s1. The van der Waals surface area contributed by atoms with Crippen molar-refractivity contribution in [2.24, 2.45) is 0 Å². The highest BCUT2D eigenvalue weighted by molar-refractivity contribution is 5.82. The number of likely N-dealkylation sites (N-methyl/N-ethyl adjacent to an activating group) is 1. The second kappa shape index (κ2) is 7.39. The monoisotopic (exact) mass is 316 g/mol. The summed E-state index contributed by atoms with van der Waals surface area (Å²) in [5.41, 5.74) is 2.33. The molecule has 0 unspecified atom stereocenters. The summed E-state index contributed by atoms with van der Waals surface area (Å²) in [5.74, 6) is 0.807. The minimum absolute atomic E-state index is 0.0924. The second-order valence-corrected chi connectivity index (χ2v) is 7.04. The molecule has 1 amide bonds. The smallest absolute Gasteiger partial charge is 0.239 e. The first-order chi connectivity index (χ1) is 11.2. The second-order valence-electron chi connectivity index (χ2n) is 7.04. The fraction of sp³-hybridized carbons (Fsp3) is 0.722. The summed E-state index contributed by atoms with van der Waals surface area (Å²) < 4.78 is 0. The predicted molar refractivity (Wildman–Crippen MR) is 90.2 cm³/mol. The maximum atomic E-state index is 12.9. The minimum Gasteiger partial charge on any atom is -0.341 e. The van der Waals surface area contributed by atoms with E-state index in [-0.39, 0.29) is 6.04 Å². The molecule has 3 rings (SSSR count). The number of hydrogen-bond donors (Lipinski definition) is 0. The van der Waals surface area contributed by atoms with Crippen LogP contribution >= 0.6 is 0 Å². The lowest BCUT2D eigenvalue weighted by Gasteiger charge is -2.36. The van der Waals surface area contributed by atoms with E-state index in [1.807, 2.05) is 6.20 Å². The van der Waals surface area contributed by atoms with E-state index in [9.17, 15) is 4.79 Å². The molecule has 0 saturated carbocycles. The van der Waals surface area contributed by atoms with Crippen LogP contribution in [0.1, 0.15) is 55.7 Å². The summed E-state index contributed by atoms with van der Waals surface area (Å²) in [5, 5.41) is 0. The van der Waals surface area contributed by atoms with Crippen LogP contribution in [0.15, 0.2) is 12.5 Å². The molecule has 2 saturated heterocycles. The Morgan fingerprint density at radius 2 is 1.91 bits per heavy atom. The van der Waals surface area contributed by atoms with Crippen LogP contribution in [-0.4, -0.2) is 58.4 Å². The van der Waals surface area contributed by atoms with Gasteiger partial charge in [0.1, 0.15) is 6.33 Å². The molecule has 0 N–H and O–H groups in total. The third kappa shape index (κ3) is 3.71. The van der Waals surface area contributed by atoms with Crippen LogP contribution in [0.3, 0.4) is 0 Å². The summed E-state index contributed by atoms with van der Waals surface area (Å²) >= 11 is 0. The highest BCUT2D eigenvalue weighted by Crippen LogP contribution is 2.29. The lowest BCUT2D eigenvalue weighted by Crippen LogP contribution is -2.49. The third-order valence-corrected chi connectivity index (χ3v) is 5.43. The molecule has 0 aliphatic carbocycles. The van der Waals surface area contributed by atoms with E-state index in [2.05, 4.69) is 33.7 Å². The van der Waals surface area contributed by atoms with Crippen LogP contribution < -0.4 is 0 Å². The fourth-order valence-corrected chi connectivity index (χ4v) is 3.98. The highest BCUT2D eigenvalue weighted by atomic mass is 16.2. The number of carbonyl (C=O) groups excluding carboxylic acids is 1. The van der Waals surface area contributed by atoms with Gasteiger partial charge < -0.3 is 4.90 Å². The summed E-state index contributed by atoms with van der Waals surface area (Å²) in [6, 6.07) is 0.0924. The van der Waals surface area contributed by atoms with Crippen molar-refractivity contribution in [2.45, 2.75) is 57.4 Å². The van der Waals surface area contributed by atoms with Gasteiger partial charge in [-0.05, 0) is 51.8 Å². The van der Waals surface area contributed by atoms with Crippen molar-refractivity contribution in [1.82, 2.24) is 19.8 Å². The zero-order valence-electron chi connectivity index (χ0n) is 14.4. The molecule has 5 heteroatoms. The van der Waals surface area contributed by atoms with Gasteiger partial charge in [-0.1, -0.05) is 12.8 Å². The van der Waals surface area contributed by atoms with Crippen molar-refractivity contribution in [1.29, 1.82) is 0 Å². The average molecular weight is 316 g/mol. The quantitative estimate of drug-likeness (QED) is 0.840. The van der Waals surface area contributed by atoms with Gasteiger partial charge in [-0.25, -0.2) is 9.97 Å². The van der Waals surface area contributed by atoms with E-state index in [1.165, 1.54) is 30.5 Å². The number of hydrogen-bond acceptors (Lipinski definition) is 4. The van der Waals surface area contributed by atoms with E-state index < -0.39 is 0 Å². The number of aromatic nitrogens is 2. The van der Waals surface area contributed by atoms with Crippen molar-refractivity contribution < 1.29 is 4.79 Å². The Bertz CT molecular complexity index is 540. The molecule has 1 aromatic heterocycles. The molecule has 3 heterocycles. The molecule has 23 heavy (non-hydrogen) atoms. The lowest BCUT2D eigenvalue weighted by molar-refractivity contribution is -0.137. The largest absolute Gasteiger partial charge is 0.341 e. The van der Waals surface area contributed by atoms with Gasteiger partial charge in [-0.3, -0.25) is 9.69 Å². The molecule has 126 valence electrons. The number of piperidine rings is 1. The van der Waals surface area contributed by atoms with Gasteiger partial charge in [-0.2, -0.15) is 0 Å². The molecular weight excluding hydrogens is 288 g/mol. The van der Waals surface area contributed by atoms with Gasteiger partial charge in [0.05, 0.1) is 6.04 Å². The molecule has 0 bridgehead atoms. The van der Waals surface area contributed by atoms with Crippen LogP contribution in [0.25, 0.3) is 0 Å². The van der Waals surface area contributed by atoms with Gasteiger partial charge >= 0.3 is 0 Å². The van der Waals surface area contributed by atoms with Crippen LogP contribution in [0, 0.1) is 6.92 Å². The van der Waals surface area contributed by atoms with E-state index in [4.69, 9.17) is 0 Å². The average Bonchev–Trinajstić information content (AvgIpc) is 2.79. The zero-order valence-corrected chi connectivity index (χ0v) is 14.4. The molecule has 5 nitrogen and oxygen atoms in total. The van der Waals surface area contributed by atoms with Gasteiger partial charge in [-0.15, -0.1) is 0 Å². The molecule has 1 atom stereocenters. The summed E-state index contributed by atoms with van der Waals surface area (Å²) in [6.07, 6.45) is 10.2. The first-order valence-corrected chi connectivity index (χ1v) is 8.92. The minimum atomic E-state index is 0.0924. The first-order valence-electron chi connectivity index (χ1n) is 8.92. The van der Waals surface area contributed by atoms with Crippen molar-refractivity contribution >= 4 is 5.91 Å². The van der Waals surface area contributed by atoms with Crippen molar-refractivity contribution in [3.63, 3.8) is 0 Å². The first kappa shape index (κ1) is 16.4. The van der Waals surface area contributed by atoms with Gasteiger partial charge in [0, 0.05) is 30.9 Å². The Kier molecular flexibility index (Phi) is 5.26. The Labute approximate surface area is 139 Å². The maximum Gasteiger partial charge on any atom is 0.239 e. The maximum absolute atomic E-state index is 12.9. The number of amides is 1. The van der Waals surface area contributed by atoms with Crippen LogP contribution in [0.2, 0.25) is 0 Å². The molecule has 1 aromatic rings. The van der Waals surface area contributed by atoms with Crippen LogP contribution in [0.5, 0.6) is 0 Å². The highest BCUT2D eigenvalue weighted by Gasteiger charge is 2.32. The molecule has 2 aliphatic rings. The van der Waals surface area contributed by atoms with Crippen LogP contribution in [0.4, 0.5) is 0 Å². The SMILES string of the molecule is Cc1cncnc1C1CCN(C(=O)[C@H]2CCCCCN2C)CC1. The van der Waals surface area contributed by atoms with Gasteiger partial charge in [0.15, 0.2) is 0 Å². The van der Waals surface area contributed by atoms with E-state index >= 15 is 0 Å². The van der Waals surface area contributed by atoms with Crippen LogP contribution in [-0.2, 0) is 4.79 Å². The Morgan fingerprint density at radius 3 is 2.65 bits per heavy atom. The van der Waals surface area contributed by atoms with E-state index in [1.54, 1.807) is 6.33 Å². The van der Waals surface area contributed by atoms with Crippen molar-refractivity contribution in [3.8, 4) is 0 Å². The van der Waals surface area contributed by atoms with E-state index in [0.717, 1.165) is 38.9 Å². The van der Waals surface area contributed by atoms with E-state index in [0.29, 0.717) is 11.8 Å². The summed E-state index contributed by atoms with van der Waals surface area (Å²) in [7, 11) is 2.10. The van der Waals surface area contributed by atoms with Gasteiger partial charge in [0.2, 0.25) is 5.91 Å². The molecule has 0 aromatic carbocycles. The van der Waals surface area contributed by atoms with Crippen molar-refractivity contribution in [3.05, 3.63) is 23.8 Å². The molecule has 0 spiro atoms. The van der Waals surface area contributed by atoms with Gasteiger partial charge in [0.25, 0.3) is 0 Å². The Balaban J connectivity index is 1.60. The number of rotatable bonds is 2. The number of nitrogens with zero attached hydrogens (tertiary/aromatic N) is 4. The normalized spacial score (nSPS) is 24.4. The third-order valence-electron chi connectivity index (χ3n) is 5.43. The number of carbonyl (C=O) groups is 1. The molecule has 2 fully saturated rings. The molecule has 0 radical (unpaired) electrons. The Morgan fingerprint density at radius 1 is 1.13 bits per heavy atom. The van der Waals surface area contributed by atoms with Crippen molar-refractivity contribution in [2.75, 3.05) is 26.7 Å². The summed E-state index contributed by atoms with van der Waals surface area (Å²) in [6.45, 7) is 4.84. The Hall–Kier alpha value is -1.49. The topological polar surface area (TPSA) is 49.3 Å². The number of likely N-dealkylation sites (tertiary alicyclic amines) is 2. The molecule has 2 aliphatic heterocycles. The number of aryl methyl sites for hydroxylation is 1. The lowest BCUT2D eigenvalue weighted by atomic mass is 9.91. The molecular formula is C18H28N4O. The predicted octanol–water partition coefficient (Wildman–Crippen LogP) is 2.37. The zero-order chi connectivity index (χ0) is 16.2. The summed E-state index contributed by atoms with van der Waals surface area (Å²) in [4.78, 5) is 25.8. The fourth-order valence-electron chi connectivity index (χ4n) is 3.98.